The monoisotopic (exact) mass is 306 g/mol. The highest BCUT2D eigenvalue weighted by Crippen LogP contribution is 2.27. The van der Waals surface area contributed by atoms with Gasteiger partial charge in [-0.2, -0.15) is 0 Å². The third kappa shape index (κ3) is 2.52. The molecule has 0 unspecified atom stereocenters. The summed E-state index contributed by atoms with van der Waals surface area (Å²) in [6.07, 6.45) is 4.26. The van der Waals surface area contributed by atoms with Gasteiger partial charge in [0, 0.05) is 12.6 Å². The van der Waals surface area contributed by atoms with Crippen LogP contribution in [0.4, 0.5) is 4.39 Å². The molecule has 0 saturated carbocycles. The molecule has 3 nitrogen and oxygen atoms in total. The molecular formula is C19H15FN2O. The third-order valence-corrected chi connectivity index (χ3v) is 3.88. The summed E-state index contributed by atoms with van der Waals surface area (Å²) in [4.78, 5) is 4.69. The van der Waals surface area contributed by atoms with E-state index >= 15 is 0 Å². The summed E-state index contributed by atoms with van der Waals surface area (Å²) in [5, 5.41) is 0. The molecule has 3 heterocycles. The normalized spacial score (nSPS) is 11.2. The van der Waals surface area contributed by atoms with Gasteiger partial charge >= 0.3 is 0 Å². The fourth-order valence-electron chi connectivity index (χ4n) is 2.82. The van der Waals surface area contributed by atoms with Crippen molar-refractivity contribution in [1.29, 1.82) is 0 Å². The quantitative estimate of drug-likeness (QED) is 0.552. The minimum absolute atomic E-state index is 0.230. The van der Waals surface area contributed by atoms with Crippen molar-refractivity contribution in [2.24, 2.45) is 0 Å². The Morgan fingerprint density at radius 1 is 1.13 bits per heavy atom. The van der Waals surface area contributed by atoms with Gasteiger partial charge in [-0.05, 0) is 48.4 Å². The third-order valence-electron chi connectivity index (χ3n) is 3.88. The van der Waals surface area contributed by atoms with Crippen molar-refractivity contribution in [3.8, 4) is 11.5 Å². The molecule has 1 aromatic carbocycles. The van der Waals surface area contributed by atoms with E-state index in [1.54, 1.807) is 18.4 Å². The second-order valence-electron chi connectivity index (χ2n) is 5.63. The van der Waals surface area contributed by atoms with E-state index in [0.717, 1.165) is 33.9 Å². The van der Waals surface area contributed by atoms with Crippen LogP contribution >= 0.6 is 0 Å². The first kappa shape index (κ1) is 13.8. The lowest BCUT2D eigenvalue weighted by molar-refractivity contribution is 0.579. The first-order valence-corrected chi connectivity index (χ1v) is 7.46. The summed E-state index contributed by atoms with van der Waals surface area (Å²) in [7, 11) is 0. The van der Waals surface area contributed by atoms with Crippen LogP contribution in [-0.4, -0.2) is 9.38 Å². The summed E-state index contributed by atoms with van der Waals surface area (Å²) in [5.41, 5.74) is 4.69. The number of aromatic nitrogens is 2. The maximum Gasteiger partial charge on any atom is 0.154 e. The molecule has 0 amide bonds. The zero-order chi connectivity index (χ0) is 15.8. The van der Waals surface area contributed by atoms with Gasteiger partial charge < -0.3 is 8.82 Å². The minimum Gasteiger partial charge on any atom is -0.463 e. The minimum atomic E-state index is -0.230. The number of hydrogen-bond acceptors (Lipinski definition) is 2. The van der Waals surface area contributed by atoms with Gasteiger partial charge in [0.2, 0.25) is 0 Å². The van der Waals surface area contributed by atoms with Crippen LogP contribution in [0.25, 0.3) is 17.1 Å². The van der Waals surface area contributed by atoms with Gasteiger partial charge in [0.15, 0.2) is 5.76 Å². The molecule has 23 heavy (non-hydrogen) atoms. The first-order valence-electron chi connectivity index (χ1n) is 7.46. The molecule has 4 aromatic rings. The van der Waals surface area contributed by atoms with Crippen LogP contribution in [0.5, 0.6) is 0 Å². The topological polar surface area (TPSA) is 30.4 Å². The summed E-state index contributed by atoms with van der Waals surface area (Å²) in [6, 6.07) is 14.4. The Hall–Kier alpha value is -2.88. The van der Waals surface area contributed by atoms with Gasteiger partial charge in [-0.15, -0.1) is 0 Å². The van der Waals surface area contributed by atoms with E-state index in [2.05, 4.69) is 4.40 Å². The molecule has 4 rings (SSSR count). The van der Waals surface area contributed by atoms with Crippen molar-refractivity contribution < 1.29 is 8.81 Å². The predicted octanol–water partition coefficient (Wildman–Crippen LogP) is 4.63. The number of pyridine rings is 1. The number of halogens is 1. The van der Waals surface area contributed by atoms with Crippen LogP contribution in [-0.2, 0) is 6.42 Å². The number of furan rings is 1. The van der Waals surface area contributed by atoms with Crippen LogP contribution < -0.4 is 0 Å². The maximum absolute atomic E-state index is 13.5. The highest BCUT2D eigenvalue weighted by atomic mass is 19.1. The van der Waals surface area contributed by atoms with E-state index in [1.165, 1.54) is 6.07 Å². The van der Waals surface area contributed by atoms with E-state index in [0.29, 0.717) is 6.42 Å². The second kappa shape index (κ2) is 5.39. The molecular weight excluding hydrogens is 291 g/mol. The maximum atomic E-state index is 13.5. The fourth-order valence-corrected chi connectivity index (χ4v) is 2.82. The highest BCUT2D eigenvalue weighted by Gasteiger charge is 2.16. The molecule has 3 aromatic heterocycles. The van der Waals surface area contributed by atoms with E-state index in [9.17, 15) is 4.39 Å². The number of rotatable bonds is 3. The zero-order valence-electron chi connectivity index (χ0n) is 12.7. The summed E-state index contributed by atoms with van der Waals surface area (Å²) in [6.45, 7) is 2.04. The molecule has 4 heteroatoms. The van der Waals surface area contributed by atoms with Crippen LogP contribution in [0.1, 0.15) is 16.8 Å². The number of fused-ring (bicyclic) bond motifs is 1. The standard InChI is InChI=1S/C19H15FN2O/c1-13-7-8-18-21-19(17-6-3-9-23-17)16(22(18)12-13)11-14-4-2-5-15(20)10-14/h2-10,12H,11H2,1H3. The molecule has 0 saturated heterocycles. The summed E-state index contributed by atoms with van der Waals surface area (Å²) in [5.74, 6) is 0.491. The van der Waals surface area contributed by atoms with E-state index in [4.69, 9.17) is 9.40 Å². The van der Waals surface area contributed by atoms with E-state index in [-0.39, 0.29) is 5.82 Å². The Bertz CT molecular complexity index is 970. The lowest BCUT2D eigenvalue weighted by Crippen LogP contribution is -1.97. The van der Waals surface area contributed by atoms with Crippen molar-refractivity contribution in [3.63, 3.8) is 0 Å². The Balaban J connectivity index is 1.91. The molecule has 0 fully saturated rings. The number of hydrogen-bond donors (Lipinski definition) is 0. The lowest BCUT2D eigenvalue weighted by atomic mass is 10.1. The molecule has 0 N–H and O–H groups in total. The molecule has 0 atom stereocenters. The summed E-state index contributed by atoms with van der Waals surface area (Å²) < 4.78 is 21.1. The number of imidazole rings is 1. The molecule has 0 aliphatic heterocycles. The van der Waals surface area contributed by atoms with Crippen molar-refractivity contribution in [3.05, 3.63) is 83.6 Å². The van der Waals surface area contributed by atoms with Crippen LogP contribution in [0.15, 0.2) is 65.4 Å². The van der Waals surface area contributed by atoms with E-state index < -0.39 is 0 Å². The van der Waals surface area contributed by atoms with Gasteiger partial charge in [0.1, 0.15) is 17.2 Å². The van der Waals surface area contributed by atoms with E-state index in [1.807, 2.05) is 43.5 Å². The number of aryl methyl sites for hydroxylation is 1. The largest absolute Gasteiger partial charge is 0.463 e. The SMILES string of the molecule is Cc1ccc2nc(-c3ccco3)c(Cc3cccc(F)c3)n2c1. The van der Waals surface area contributed by atoms with Crippen molar-refractivity contribution in [2.75, 3.05) is 0 Å². The number of benzene rings is 1. The van der Waals surface area contributed by atoms with Crippen LogP contribution in [0.3, 0.4) is 0 Å². The van der Waals surface area contributed by atoms with Crippen molar-refractivity contribution in [2.45, 2.75) is 13.3 Å². The van der Waals surface area contributed by atoms with Crippen LogP contribution in [0, 0.1) is 12.7 Å². The molecule has 114 valence electrons. The lowest BCUT2D eigenvalue weighted by Gasteiger charge is -2.05. The molecule has 0 bridgehead atoms. The number of nitrogens with zero attached hydrogens (tertiary/aromatic N) is 2. The van der Waals surface area contributed by atoms with Gasteiger partial charge in [0.05, 0.1) is 12.0 Å². The molecule has 0 aliphatic carbocycles. The van der Waals surface area contributed by atoms with Gasteiger partial charge in [-0.3, -0.25) is 0 Å². The molecule has 0 radical (unpaired) electrons. The van der Waals surface area contributed by atoms with Gasteiger partial charge in [0.25, 0.3) is 0 Å². The average Bonchev–Trinajstić information content (AvgIpc) is 3.16. The average molecular weight is 306 g/mol. The van der Waals surface area contributed by atoms with Gasteiger partial charge in [-0.1, -0.05) is 18.2 Å². The Labute approximate surface area is 133 Å². The fraction of sp³-hybridized carbons (Fsp3) is 0.105. The molecule has 0 spiro atoms. The predicted molar refractivity (Wildman–Crippen MR) is 86.8 cm³/mol. The molecule has 0 aliphatic rings. The second-order valence-corrected chi connectivity index (χ2v) is 5.63. The zero-order valence-corrected chi connectivity index (χ0v) is 12.7. The Morgan fingerprint density at radius 3 is 2.83 bits per heavy atom. The van der Waals surface area contributed by atoms with Crippen molar-refractivity contribution >= 4 is 5.65 Å². The van der Waals surface area contributed by atoms with Crippen molar-refractivity contribution in [1.82, 2.24) is 9.38 Å². The smallest absolute Gasteiger partial charge is 0.154 e. The first-order chi connectivity index (χ1) is 11.2. The highest BCUT2D eigenvalue weighted by molar-refractivity contribution is 5.63. The Morgan fingerprint density at radius 2 is 2.04 bits per heavy atom. The van der Waals surface area contributed by atoms with Gasteiger partial charge in [-0.25, -0.2) is 9.37 Å². The van der Waals surface area contributed by atoms with Crippen LogP contribution in [0.2, 0.25) is 0 Å². The summed E-state index contributed by atoms with van der Waals surface area (Å²) >= 11 is 0. The Kier molecular flexibility index (Phi) is 3.23.